The Hall–Kier alpha value is -3.69. The van der Waals surface area contributed by atoms with Gasteiger partial charge in [-0.15, -0.1) is 0 Å². The quantitative estimate of drug-likeness (QED) is 0.353. The lowest BCUT2D eigenvalue weighted by Gasteiger charge is -2.15. The van der Waals surface area contributed by atoms with E-state index in [0.29, 0.717) is 27.4 Å². The topological polar surface area (TPSA) is 113 Å². The fourth-order valence-electron chi connectivity index (χ4n) is 3.14. The van der Waals surface area contributed by atoms with Crippen LogP contribution in [-0.4, -0.2) is 24.3 Å². The summed E-state index contributed by atoms with van der Waals surface area (Å²) in [6.45, 7) is 3.35. The Morgan fingerprint density at radius 2 is 1.58 bits per heavy atom. The number of aryl methyl sites for hydroxylation is 1. The third kappa shape index (κ3) is 5.39. The van der Waals surface area contributed by atoms with Crippen LogP contribution in [0.1, 0.15) is 12.5 Å². The molecular weight excluding hydrogens is 462 g/mol. The molecule has 0 bridgehead atoms. The number of nitrogens with zero attached hydrogens (tertiary/aromatic N) is 2. The van der Waals surface area contributed by atoms with Crippen LogP contribution < -0.4 is 15.4 Å². The number of hydrogen-bond acceptors (Lipinski definition) is 6. The number of aromatic nitrogens is 2. The monoisotopic (exact) mass is 481 g/mol. The summed E-state index contributed by atoms with van der Waals surface area (Å²) in [5, 5.41) is 6.24. The van der Waals surface area contributed by atoms with Gasteiger partial charge in [0.05, 0.1) is 15.9 Å². The predicted molar refractivity (Wildman–Crippen MR) is 131 cm³/mol. The normalized spacial score (nSPS) is 11.2. The van der Waals surface area contributed by atoms with Crippen molar-refractivity contribution in [3.63, 3.8) is 0 Å². The fraction of sp³-hybridized carbons (Fsp3) is 0.0870. The van der Waals surface area contributed by atoms with E-state index in [0.717, 1.165) is 5.56 Å². The second kappa shape index (κ2) is 9.05. The van der Waals surface area contributed by atoms with Crippen molar-refractivity contribution in [1.29, 1.82) is 0 Å². The first-order valence-electron chi connectivity index (χ1n) is 9.91. The van der Waals surface area contributed by atoms with Crippen LogP contribution in [0.5, 0.6) is 0 Å². The highest BCUT2D eigenvalue weighted by Crippen LogP contribution is 2.28. The second-order valence-corrected chi connectivity index (χ2v) is 9.48. The van der Waals surface area contributed by atoms with E-state index in [4.69, 9.17) is 11.6 Å². The average Bonchev–Trinajstić information content (AvgIpc) is 2.74. The molecule has 1 amide bonds. The summed E-state index contributed by atoms with van der Waals surface area (Å²) >= 11 is 5.89. The van der Waals surface area contributed by atoms with Gasteiger partial charge in [-0.25, -0.2) is 18.4 Å². The lowest BCUT2D eigenvalue weighted by molar-refractivity contribution is -0.114. The Kier molecular flexibility index (Phi) is 6.17. The van der Waals surface area contributed by atoms with Crippen molar-refractivity contribution < 1.29 is 13.2 Å². The van der Waals surface area contributed by atoms with Crippen molar-refractivity contribution in [3.05, 3.63) is 77.3 Å². The lowest BCUT2D eigenvalue weighted by atomic mass is 10.2. The molecule has 0 radical (unpaired) electrons. The van der Waals surface area contributed by atoms with Crippen molar-refractivity contribution in [2.75, 3.05) is 15.4 Å². The Morgan fingerprint density at radius 1 is 0.879 bits per heavy atom. The summed E-state index contributed by atoms with van der Waals surface area (Å²) in [7, 11) is -3.95. The Balaban J connectivity index is 1.76. The highest BCUT2D eigenvalue weighted by Gasteiger charge is 2.19. The van der Waals surface area contributed by atoms with Gasteiger partial charge in [-0.05, 0) is 67.1 Å². The molecule has 0 atom stereocenters. The summed E-state index contributed by atoms with van der Waals surface area (Å²) in [4.78, 5) is 20.5. The van der Waals surface area contributed by atoms with Crippen LogP contribution in [0.15, 0.2) is 71.6 Å². The van der Waals surface area contributed by atoms with Crippen molar-refractivity contribution in [2.45, 2.75) is 18.7 Å². The zero-order chi connectivity index (χ0) is 23.6. The first-order valence-corrected chi connectivity index (χ1v) is 11.8. The highest BCUT2D eigenvalue weighted by molar-refractivity contribution is 7.92. The van der Waals surface area contributed by atoms with Gasteiger partial charge in [0.25, 0.3) is 10.0 Å². The van der Waals surface area contributed by atoms with E-state index in [2.05, 4.69) is 25.3 Å². The smallest absolute Gasteiger partial charge is 0.263 e. The number of nitrogens with one attached hydrogen (secondary N) is 3. The number of amides is 1. The molecule has 4 rings (SSSR count). The van der Waals surface area contributed by atoms with Gasteiger partial charge in [-0.3, -0.25) is 9.52 Å². The SMILES string of the molecule is CC(=O)Nc1cccc(Nc2nc3cc(C)ccc3nc2NS(=O)(=O)c2ccc(Cl)cc2)c1. The molecule has 1 aromatic heterocycles. The maximum atomic E-state index is 13.0. The van der Waals surface area contributed by atoms with Gasteiger partial charge in [0, 0.05) is 23.3 Å². The zero-order valence-electron chi connectivity index (χ0n) is 17.8. The number of carbonyl (C=O) groups excluding carboxylic acids is 1. The Morgan fingerprint density at radius 3 is 2.30 bits per heavy atom. The Labute approximate surface area is 196 Å². The molecule has 4 aromatic rings. The molecule has 0 aliphatic rings. The van der Waals surface area contributed by atoms with Crippen LogP contribution in [0.4, 0.5) is 23.0 Å². The number of halogens is 1. The van der Waals surface area contributed by atoms with Crippen LogP contribution in [0.2, 0.25) is 5.02 Å². The molecule has 0 spiro atoms. The van der Waals surface area contributed by atoms with Crippen LogP contribution in [-0.2, 0) is 14.8 Å². The molecule has 0 aliphatic carbocycles. The first-order chi connectivity index (χ1) is 15.7. The summed E-state index contributed by atoms with van der Waals surface area (Å²) in [5.74, 6) is 0.0429. The number of sulfonamides is 1. The molecule has 3 aromatic carbocycles. The zero-order valence-corrected chi connectivity index (χ0v) is 19.3. The minimum Gasteiger partial charge on any atom is -0.337 e. The minimum absolute atomic E-state index is 0.0335. The third-order valence-corrected chi connectivity index (χ3v) is 6.23. The molecule has 1 heterocycles. The molecule has 168 valence electrons. The van der Waals surface area contributed by atoms with Crippen molar-refractivity contribution in [2.24, 2.45) is 0 Å². The van der Waals surface area contributed by atoms with Gasteiger partial charge in [-0.1, -0.05) is 23.7 Å². The maximum Gasteiger partial charge on any atom is 0.263 e. The second-order valence-electron chi connectivity index (χ2n) is 7.36. The van der Waals surface area contributed by atoms with Crippen LogP contribution in [0, 0.1) is 6.92 Å². The van der Waals surface area contributed by atoms with E-state index in [1.54, 1.807) is 30.3 Å². The van der Waals surface area contributed by atoms with E-state index in [1.807, 2.05) is 19.1 Å². The number of anilines is 4. The maximum absolute atomic E-state index is 13.0. The first kappa shape index (κ1) is 22.5. The van der Waals surface area contributed by atoms with Crippen molar-refractivity contribution >= 4 is 61.6 Å². The predicted octanol–water partition coefficient (Wildman–Crippen LogP) is 5.09. The summed E-state index contributed by atoms with van der Waals surface area (Å²) in [6.07, 6.45) is 0. The molecule has 0 saturated carbocycles. The standard InChI is InChI=1S/C23H20ClN5O3S/c1-14-6-11-20-21(12-14)28-22(26-18-5-3-4-17(13-18)25-15(2)30)23(27-20)29-33(31,32)19-9-7-16(24)8-10-19/h3-13H,1-2H3,(H,25,30)(H,26,28)(H,27,29). The summed E-state index contributed by atoms with van der Waals surface area (Å²) < 4.78 is 28.5. The van der Waals surface area contributed by atoms with Crippen LogP contribution in [0.3, 0.4) is 0 Å². The minimum atomic E-state index is -3.95. The number of rotatable bonds is 6. The molecule has 33 heavy (non-hydrogen) atoms. The molecular formula is C23H20ClN5O3S. The van der Waals surface area contributed by atoms with E-state index in [9.17, 15) is 13.2 Å². The Bertz CT molecular complexity index is 1460. The highest BCUT2D eigenvalue weighted by atomic mass is 35.5. The van der Waals surface area contributed by atoms with Gasteiger partial charge in [0.15, 0.2) is 11.6 Å². The van der Waals surface area contributed by atoms with E-state index >= 15 is 0 Å². The van der Waals surface area contributed by atoms with Gasteiger partial charge in [-0.2, -0.15) is 0 Å². The molecule has 0 saturated heterocycles. The molecule has 8 nitrogen and oxygen atoms in total. The molecule has 3 N–H and O–H groups in total. The largest absolute Gasteiger partial charge is 0.337 e. The van der Waals surface area contributed by atoms with E-state index in [1.165, 1.54) is 31.2 Å². The van der Waals surface area contributed by atoms with E-state index in [-0.39, 0.29) is 22.4 Å². The van der Waals surface area contributed by atoms with Crippen LogP contribution >= 0.6 is 11.6 Å². The lowest BCUT2D eigenvalue weighted by Crippen LogP contribution is -2.16. The molecule has 0 aliphatic heterocycles. The van der Waals surface area contributed by atoms with Gasteiger partial charge >= 0.3 is 0 Å². The number of carbonyl (C=O) groups is 1. The molecule has 0 unspecified atom stereocenters. The molecule has 10 heteroatoms. The van der Waals surface area contributed by atoms with Crippen LogP contribution in [0.25, 0.3) is 11.0 Å². The van der Waals surface area contributed by atoms with Crippen molar-refractivity contribution in [3.8, 4) is 0 Å². The van der Waals surface area contributed by atoms with E-state index < -0.39 is 10.0 Å². The van der Waals surface area contributed by atoms with Gasteiger partial charge < -0.3 is 10.6 Å². The third-order valence-electron chi connectivity index (χ3n) is 4.62. The summed E-state index contributed by atoms with van der Waals surface area (Å²) in [6, 6.07) is 18.3. The van der Waals surface area contributed by atoms with Crippen molar-refractivity contribution in [1.82, 2.24) is 9.97 Å². The number of fused-ring (bicyclic) bond motifs is 1. The number of hydrogen-bond donors (Lipinski definition) is 3. The fourth-order valence-corrected chi connectivity index (χ4v) is 4.27. The van der Waals surface area contributed by atoms with Gasteiger partial charge in [0.2, 0.25) is 5.91 Å². The van der Waals surface area contributed by atoms with Gasteiger partial charge in [0.1, 0.15) is 0 Å². The summed E-state index contributed by atoms with van der Waals surface area (Å²) in [5.41, 5.74) is 3.30. The number of benzene rings is 3. The molecule has 0 fully saturated rings. The average molecular weight is 482 g/mol.